The minimum absolute atomic E-state index is 0.0119. The molecule has 5 aromatic rings. The quantitative estimate of drug-likeness (QED) is 0.259. The van der Waals surface area contributed by atoms with E-state index in [9.17, 15) is 4.79 Å². The van der Waals surface area contributed by atoms with Crippen LogP contribution in [0, 0.1) is 0 Å². The van der Waals surface area contributed by atoms with Gasteiger partial charge in [-0.15, -0.1) is 22.7 Å². The maximum Gasteiger partial charge on any atom is 0.225 e. The molecule has 0 spiro atoms. The third-order valence-corrected chi connectivity index (χ3v) is 8.99. The summed E-state index contributed by atoms with van der Waals surface area (Å²) < 4.78 is 1.18. The summed E-state index contributed by atoms with van der Waals surface area (Å²) in [5, 5.41) is 5.30. The Hall–Kier alpha value is -3.28. The van der Waals surface area contributed by atoms with Crippen molar-refractivity contribution < 1.29 is 4.79 Å². The van der Waals surface area contributed by atoms with E-state index >= 15 is 0 Å². The van der Waals surface area contributed by atoms with Crippen molar-refractivity contribution in [3.8, 4) is 10.6 Å². The summed E-state index contributed by atoms with van der Waals surface area (Å²) in [6.07, 6.45) is 4.95. The molecule has 2 heterocycles. The molecule has 5 heteroatoms. The van der Waals surface area contributed by atoms with E-state index in [2.05, 4.69) is 47.8 Å². The lowest BCUT2D eigenvalue weighted by Gasteiger charge is -2.18. The van der Waals surface area contributed by atoms with Crippen molar-refractivity contribution in [3.05, 3.63) is 106 Å². The van der Waals surface area contributed by atoms with Gasteiger partial charge in [-0.25, -0.2) is 4.98 Å². The van der Waals surface area contributed by atoms with Crippen molar-refractivity contribution >= 4 is 43.8 Å². The van der Waals surface area contributed by atoms with Gasteiger partial charge in [-0.05, 0) is 54.5 Å². The number of fused-ring (bicyclic) bond motifs is 2. The molecule has 1 amide bonds. The van der Waals surface area contributed by atoms with Gasteiger partial charge in [0.2, 0.25) is 5.91 Å². The van der Waals surface area contributed by atoms with E-state index in [1.165, 1.54) is 28.0 Å². The van der Waals surface area contributed by atoms with Crippen LogP contribution < -0.4 is 5.32 Å². The van der Waals surface area contributed by atoms with Crippen LogP contribution in [-0.4, -0.2) is 10.9 Å². The first kappa shape index (κ1) is 22.2. The fourth-order valence-electron chi connectivity index (χ4n) is 5.02. The molecule has 0 aliphatic heterocycles. The molecule has 35 heavy (non-hydrogen) atoms. The van der Waals surface area contributed by atoms with Crippen LogP contribution >= 0.6 is 22.7 Å². The summed E-state index contributed by atoms with van der Waals surface area (Å²) in [5.41, 5.74) is 5.87. The van der Waals surface area contributed by atoms with E-state index in [0.29, 0.717) is 6.42 Å². The number of carbonyl (C=O) groups is 1. The molecule has 3 nitrogen and oxygen atoms in total. The number of para-hydroxylation sites is 1. The highest BCUT2D eigenvalue weighted by molar-refractivity contribution is 7.22. The normalized spacial score (nSPS) is 13.2. The average Bonchev–Trinajstić information content (AvgIpc) is 3.49. The van der Waals surface area contributed by atoms with Gasteiger partial charge < -0.3 is 5.32 Å². The first-order valence-corrected chi connectivity index (χ1v) is 13.8. The zero-order valence-electron chi connectivity index (χ0n) is 19.4. The minimum Gasteiger partial charge on any atom is -0.317 e. The predicted octanol–water partition coefficient (Wildman–Crippen LogP) is 8.06. The topological polar surface area (TPSA) is 42.0 Å². The summed E-state index contributed by atoms with van der Waals surface area (Å²) in [6.45, 7) is 0. The highest BCUT2D eigenvalue weighted by Crippen LogP contribution is 2.46. The number of thiophene rings is 1. The van der Waals surface area contributed by atoms with Gasteiger partial charge in [-0.1, -0.05) is 72.8 Å². The monoisotopic (exact) mass is 494 g/mol. The second kappa shape index (κ2) is 9.76. The Morgan fingerprint density at radius 1 is 0.829 bits per heavy atom. The summed E-state index contributed by atoms with van der Waals surface area (Å²) in [6, 6.07) is 28.9. The molecule has 0 radical (unpaired) electrons. The highest BCUT2D eigenvalue weighted by Gasteiger charge is 2.26. The van der Waals surface area contributed by atoms with Gasteiger partial charge in [0.25, 0.3) is 0 Å². The van der Waals surface area contributed by atoms with Crippen molar-refractivity contribution in [1.82, 2.24) is 4.98 Å². The van der Waals surface area contributed by atoms with Crippen molar-refractivity contribution in [1.29, 1.82) is 0 Å². The lowest BCUT2D eigenvalue weighted by Crippen LogP contribution is -2.16. The largest absolute Gasteiger partial charge is 0.317 e. The molecule has 2 aromatic heterocycles. The van der Waals surface area contributed by atoms with E-state index in [1.807, 2.05) is 42.5 Å². The van der Waals surface area contributed by atoms with Gasteiger partial charge in [-0.2, -0.15) is 0 Å². The number of thiazole rings is 1. The third-order valence-electron chi connectivity index (χ3n) is 6.73. The second-order valence-electron chi connectivity index (χ2n) is 9.03. The Morgan fingerprint density at radius 3 is 2.20 bits per heavy atom. The van der Waals surface area contributed by atoms with Crippen LogP contribution in [0.15, 0.2) is 84.9 Å². The molecule has 3 aromatic carbocycles. The van der Waals surface area contributed by atoms with Crippen LogP contribution in [0.2, 0.25) is 0 Å². The molecule has 0 fully saturated rings. The molecule has 0 atom stereocenters. The molecule has 0 saturated carbocycles. The highest BCUT2D eigenvalue weighted by atomic mass is 32.1. The fourth-order valence-corrected chi connectivity index (χ4v) is 7.44. The van der Waals surface area contributed by atoms with Crippen LogP contribution in [-0.2, 0) is 17.6 Å². The number of nitrogens with zero attached hydrogens (tertiary/aromatic N) is 1. The average molecular weight is 495 g/mol. The van der Waals surface area contributed by atoms with Crippen LogP contribution in [0.5, 0.6) is 0 Å². The smallest absolute Gasteiger partial charge is 0.225 e. The van der Waals surface area contributed by atoms with E-state index in [1.54, 1.807) is 22.7 Å². The molecule has 1 aliphatic carbocycles. The number of aromatic nitrogens is 1. The first-order valence-electron chi connectivity index (χ1n) is 12.2. The molecule has 1 aliphatic rings. The number of anilines is 1. The van der Waals surface area contributed by atoms with Crippen LogP contribution in [0.4, 0.5) is 5.00 Å². The molecule has 0 bridgehead atoms. The standard InChI is InChI=1S/C30H26N2OS2/c33-27(19-23(20-11-3-1-4-12-20)21-13-5-2-6-14-21)32-30-28(22-15-7-9-17-25(22)34-30)29-31-24-16-8-10-18-26(24)35-29/h1-6,8,10-14,16,18,23H,7,9,15,17,19H2,(H,32,33). The van der Waals surface area contributed by atoms with Crippen molar-refractivity contribution in [3.63, 3.8) is 0 Å². The van der Waals surface area contributed by atoms with Crippen LogP contribution in [0.1, 0.15) is 46.7 Å². The third kappa shape index (κ3) is 4.54. The lowest BCUT2D eigenvalue weighted by molar-refractivity contribution is -0.116. The van der Waals surface area contributed by atoms with Crippen molar-refractivity contribution in [2.24, 2.45) is 0 Å². The van der Waals surface area contributed by atoms with Crippen molar-refractivity contribution in [2.75, 3.05) is 5.32 Å². The number of amides is 1. The maximum absolute atomic E-state index is 13.5. The maximum atomic E-state index is 13.5. The molecular formula is C30H26N2OS2. The van der Waals surface area contributed by atoms with E-state index < -0.39 is 0 Å². The molecular weight excluding hydrogens is 468 g/mol. The first-order chi connectivity index (χ1) is 17.3. The van der Waals surface area contributed by atoms with E-state index in [-0.39, 0.29) is 11.8 Å². The Labute approximate surface area is 213 Å². The van der Waals surface area contributed by atoms with Crippen LogP contribution in [0.3, 0.4) is 0 Å². The lowest BCUT2D eigenvalue weighted by atomic mass is 9.88. The summed E-state index contributed by atoms with van der Waals surface area (Å²) >= 11 is 3.47. The number of aryl methyl sites for hydroxylation is 1. The van der Waals surface area contributed by atoms with E-state index in [0.717, 1.165) is 45.1 Å². The van der Waals surface area contributed by atoms with Gasteiger partial charge in [0.15, 0.2) is 0 Å². The van der Waals surface area contributed by atoms with E-state index in [4.69, 9.17) is 4.98 Å². The number of nitrogens with one attached hydrogen (secondary N) is 1. The summed E-state index contributed by atoms with van der Waals surface area (Å²) in [4.78, 5) is 19.9. The number of rotatable bonds is 6. The molecule has 0 unspecified atom stereocenters. The Kier molecular flexibility index (Phi) is 6.19. The Balaban J connectivity index is 1.34. The zero-order chi connectivity index (χ0) is 23.6. The van der Waals surface area contributed by atoms with Gasteiger partial charge in [0.05, 0.1) is 10.2 Å². The SMILES string of the molecule is O=C(CC(c1ccccc1)c1ccccc1)Nc1sc2c(c1-c1nc3ccccc3s1)CCCC2. The number of carbonyl (C=O) groups excluding carboxylic acids is 1. The minimum atomic E-state index is 0.0119. The fraction of sp³-hybridized carbons (Fsp3) is 0.200. The van der Waals surface area contributed by atoms with Crippen LogP contribution in [0.25, 0.3) is 20.8 Å². The van der Waals surface area contributed by atoms with Gasteiger partial charge >= 0.3 is 0 Å². The van der Waals surface area contributed by atoms with Crippen molar-refractivity contribution in [2.45, 2.75) is 38.0 Å². The van der Waals surface area contributed by atoms with Gasteiger partial charge in [-0.3, -0.25) is 4.79 Å². The summed E-state index contributed by atoms with van der Waals surface area (Å²) in [5.74, 6) is 0.0570. The van der Waals surface area contributed by atoms with Gasteiger partial charge in [0.1, 0.15) is 10.0 Å². The Morgan fingerprint density at radius 2 is 1.49 bits per heavy atom. The number of hydrogen-bond acceptors (Lipinski definition) is 4. The molecule has 1 N–H and O–H groups in total. The molecule has 6 rings (SSSR count). The number of hydrogen-bond donors (Lipinski definition) is 1. The summed E-state index contributed by atoms with van der Waals surface area (Å²) in [7, 11) is 0. The zero-order valence-corrected chi connectivity index (χ0v) is 21.0. The predicted molar refractivity (Wildman–Crippen MR) is 148 cm³/mol. The second-order valence-corrected chi connectivity index (χ2v) is 11.2. The molecule has 174 valence electrons. The van der Waals surface area contributed by atoms with Gasteiger partial charge in [0, 0.05) is 22.8 Å². The Bertz CT molecular complexity index is 1400. The number of benzene rings is 3. The molecule has 0 saturated heterocycles.